The molecule has 2 aromatic carbocycles. The Kier molecular flexibility index (Phi) is 4.63. The molecule has 0 heterocycles. The van der Waals surface area contributed by atoms with Crippen molar-refractivity contribution in [3.63, 3.8) is 0 Å². The summed E-state index contributed by atoms with van der Waals surface area (Å²) in [5, 5.41) is -0.104. The predicted octanol–water partition coefficient (Wildman–Crippen LogP) is 3.83. The lowest BCUT2D eigenvalue weighted by Crippen LogP contribution is -2.33. The molecule has 1 atom stereocenters. The number of amides is 1. The molecule has 0 aromatic heterocycles. The van der Waals surface area contributed by atoms with Crippen LogP contribution in [0.25, 0.3) is 0 Å². The summed E-state index contributed by atoms with van der Waals surface area (Å²) in [5.74, 6) is 0.111. The first-order valence-electron chi connectivity index (χ1n) is 6.23. The van der Waals surface area contributed by atoms with E-state index in [0.717, 1.165) is 10.6 Å². The van der Waals surface area contributed by atoms with Crippen LogP contribution in [0.15, 0.2) is 65.6 Å². The maximum Gasteiger partial charge on any atom is 0.239 e. The molecule has 0 aliphatic carbocycles. The number of hydrogen-bond acceptors (Lipinski definition) is 2. The van der Waals surface area contributed by atoms with E-state index in [9.17, 15) is 4.79 Å². The van der Waals surface area contributed by atoms with Gasteiger partial charge in [-0.05, 0) is 31.2 Å². The average Bonchev–Trinajstić information content (AvgIpc) is 2.47. The largest absolute Gasteiger partial charge is 0.315 e. The minimum atomic E-state index is -0.104. The van der Waals surface area contributed by atoms with E-state index in [0.29, 0.717) is 0 Å². The molecular formula is C16H17NOS. The lowest BCUT2D eigenvalue weighted by atomic mass is 10.3. The summed E-state index contributed by atoms with van der Waals surface area (Å²) in [7, 11) is 1.82. The highest BCUT2D eigenvalue weighted by Crippen LogP contribution is 2.25. The molecule has 19 heavy (non-hydrogen) atoms. The molecule has 2 aromatic rings. The molecule has 0 aliphatic rings. The number of hydrogen-bond donors (Lipinski definition) is 0. The van der Waals surface area contributed by atoms with Crippen molar-refractivity contribution in [1.82, 2.24) is 0 Å². The Labute approximate surface area is 118 Å². The second-order valence-corrected chi connectivity index (χ2v) is 5.72. The number of anilines is 1. The van der Waals surface area contributed by atoms with Crippen LogP contribution in [-0.2, 0) is 4.79 Å². The Bertz CT molecular complexity index is 527. The van der Waals surface area contributed by atoms with Gasteiger partial charge in [-0.15, -0.1) is 11.8 Å². The van der Waals surface area contributed by atoms with Gasteiger partial charge in [-0.25, -0.2) is 0 Å². The van der Waals surface area contributed by atoms with Gasteiger partial charge in [-0.2, -0.15) is 0 Å². The summed E-state index contributed by atoms with van der Waals surface area (Å²) < 4.78 is 0. The van der Waals surface area contributed by atoms with E-state index in [1.165, 1.54) is 0 Å². The van der Waals surface area contributed by atoms with Crippen LogP contribution in [0.4, 0.5) is 5.69 Å². The molecule has 0 bridgehead atoms. The van der Waals surface area contributed by atoms with Crippen molar-refractivity contribution in [3.05, 3.63) is 60.7 Å². The summed E-state index contributed by atoms with van der Waals surface area (Å²) in [5.41, 5.74) is 0.924. The minimum absolute atomic E-state index is 0.104. The molecule has 2 nitrogen and oxygen atoms in total. The van der Waals surface area contributed by atoms with Gasteiger partial charge in [-0.3, -0.25) is 4.79 Å². The molecule has 1 amide bonds. The van der Waals surface area contributed by atoms with Crippen molar-refractivity contribution < 1.29 is 4.79 Å². The Morgan fingerprint density at radius 1 is 1.00 bits per heavy atom. The Balaban J connectivity index is 2.03. The smallest absolute Gasteiger partial charge is 0.239 e. The van der Waals surface area contributed by atoms with E-state index in [-0.39, 0.29) is 11.2 Å². The molecule has 0 N–H and O–H groups in total. The van der Waals surface area contributed by atoms with Crippen LogP contribution >= 0.6 is 11.8 Å². The van der Waals surface area contributed by atoms with E-state index in [1.54, 1.807) is 16.7 Å². The zero-order chi connectivity index (χ0) is 13.7. The third-order valence-corrected chi connectivity index (χ3v) is 3.98. The number of nitrogens with zero attached hydrogens (tertiary/aromatic N) is 1. The first-order valence-corrected chi connectivity index (χ1v) is 7.11. The van der Waals surface area contributed by atoms with Crippen molar-refractivity contribution >= 4 is 23.4 Å². The van der Waals surface area contributed by atoms with Gasteiger partial charge in [0.2, 0.25) is 5.91 Å². The fourth-order valence-electron chi connectivity index (χ4n) is 1.81. The lowest BCUT2D eigenvalue weighted by Gasteiger charge is -2.21. The number of para-hydroxylation sites is 1. The van der Waals surface area contributed by atoms with E-state index in [1.807, 2.05) is 74.6 Å². The van der Waals surface area contributed by atoms with Gasteiger partial charge < -0.3 is 4.90 Å². The van der Waals surface area contributed by atoms with Crippen molar-refractivity contribution in [2.24, 2.45) is 0 Å². The Morgan fingerprint density at radius 3 is 2.11 bits per heavy atom. The third-order valence-electron chi connectivity index (χ3n) is 2.88. The maximum absolute atomic E-state index is 12.4. The molecule has 2 rings (SSSR count). The number of thioether (sulfide) groups is 1. The molecule has 0 fully saturated rings. The van der Waals surface area contributed by atoms with Crippen LogP contribution < -0.4 is 4.90 Å². The van der Waals surface area contributed by atoms with Gasteiger partial charge in [-0.1, -0.05) is 36.4 Å². The first-order chi connectivity index (χ1) is 9.18. The molecule has 98 valence electrons. The summed E-state index contributed by atoms with van der Waals surface area (Å²) in [4.78, 5) is 15.2. The van der Waals surface area contributed by atoms with E-state index < -0.39 is 0 Å². The highest BCUT2D eigenvalue weighted by molar-refractivity contribution is 8.00. The van der Waals surface area contributed by atoms with Crippen LogP contribution in [0, 0.1) is 0 Å². The molecule has 0 saturated heterocycles. The van der Waals surface area contributed by atoms with E-state index in [2.05, 4.69) is 0 Å². The molecule has 0 spiro atoms. The second kappa shape index (κ2) is 6.43. The monoisotopic (exact) mass is 271 g/mol. The summed E-state index contributed by atoms with van der Waals surface area (Å²) >= 11 is 1.58. The first kappa shape index (κ1) is 13.7. The normalized spacial score (nSPS) is 11.9. The fourth-order valence-corrected chi connectivity index (χ4v) is 2.79. The van der Waals surface area contributed by atoms with E-state index in [4.69, 9.17) is 0 Å². The van der Waals surface area contributed by atoms with Gasteiger partial charge in [0.15, 0.2) is 0 Å². The van der Waals surface area contributed by atoms with Crippen molar-refractivity contribution in [2.45, 2.75) is 17.1 Å². The quantitative estimate of drug-likeness (QED) is 0.788. The molecular weight excluding hydrogens is 254 g/mol. The van der Waals surface area contributed by atoms with Gasteiger partial charge >= 0.3 is 0 Å². The SMILES string of the molecule is CC(Sc1ccccc1)C(=O)N(C)c1ccccc1. The van der Waals surface area contributed by atoms with Crippen molar-refractivity contribution in [1.29, 1.82) is 0 Å². The molecule has 0 saturated carbocycles. The number of benzene rings is 2. The number of rotatable bonds is 4. The maximum atomic E-state index is 12.4. The standard InChI is InChI=1S/C16H17NOS/c1-13(19-15-11-7-4-8-12-15)16(18)17(2)14-9-5-3-6-10-14/h3-13H,1-2H3. The van der Waals surface area contributed by atoms with E-state index >= 15 is 0 Å². The summed E-state index contributed by atoms with van der Waals surface area (Å²) in [6.45, 7) is 1.94. The van der Waals surface area contributed by atoms with Gasteiger partial charge in [0.1, 0.15) is 0 Å². The van der Waals surface area contributed by atoms with Gasteiger partial charge in [0, 0.05) is 17.6 Å². The highest BCUT2D eigenvalue weighted by Gasteiger charge is 2.19. The molecule has 0 aliphatic heterocycles. The number of carbonyl (C=O) groups excluding carboxylic acids is 1. The topological polar surface area (TPSA) is 20.3 Å². The predicted molar refractivity (Wildman–Crippen MR) is 81.6 cm³/mol. The third kappa shape index (κ3) is 3.61. The lowest BCUT2D eigenvalue weighted by molar-refractivity contribution is -0.117. The summed E-state index contributed by atoms with van der Waals surface area (Å²) in [6, 6.07) is 19.7. The zero-order valence-corrected chi connectivity index (χ0v) is 11.9. The Morgan fingerprint density at radius 2 is 1.53 bits per heavy atom. The van der Waals surface area contributed by atoms with Crippen LogP contribution in [0.5, 0.6) is 0 Å². The van der Waals surface area contributed by atoms with Crippen molar-refractivity contribution in [3.8, 4) is 0 Å². The Hall–Kier alpha value is -1.74. The number of carbonyl (C=O) groups is 1. The van der Waals surface area contributed by atoms with Crippen LogP contribution in [-0.4, -0.2) is 18.2 Å². The molecule has 1 unspecified atom stereocenters. The highest BCUT2D eigenvalue weighted by atomic mass is 32.2. The van der Waals surface area contributed by atoms with Crippen LogP contribution in [0.3, 0.4) is 0 Å². The van der Waals surface area contributed by atoms with Gasteiger partial charge in [0.05, 0.1) is 5.25 Å². The van der Waals surface area contributed by atoms with Crippen LogP contribution in [0.2, 0.25) is 0 Å². The van der Waals surface area contributed by atoms with Gasteiger partial charge in [0.25, 0.3) is 0 Å². The second-order valence-electron chi connectivity index (χ2n) is 4.31. The fraction of sp³-hybridized carbons (Fsp3) is 0.188. The minimum Gasteiger partial charge on any atom is -0.315 e. The average molecular weight is 271 g/mol. The zero-order valence-electron chi connectivity index (χ0n) is 11.1. The molecule has 3 heteroatoms. The van der Waals surface area contributed by atoms with Crippen molar-refractivity contribution in [2.75, 3.05) is 11.9 Å². The molecule has 0 radical (unpaired) electrons. The summed E-state index contributed by atoms with van der Waals surface area (Å²) in [6.07, 6.45) is 0. The van der Waals surface area contributed by atoms with Crippen LogP contribution in [0.1, 0.15) is 6.92 Å².